The summed E-state index contributed by atoms with van der Waals surface area (Å²) in [5.74, 6) is 1.73. The summed E-state index contributed by atoms with van der Waals surface area (Å²) in [5, 5.41) is 1.27. The van der Waals surface area contributed by atoms with E-state index >= 15 is 0 Å². The molecule has 1 fully saturated rings. The molecule has 5 nitrogen and oxygen atoms in total. The van der Waals surface area contributed by atoms with Crippen LogP contribution in [0.25, 0.3) is 22.0 Å². The molecule has 1 saturated heterocycles. The van der Waals surface area contributed by atoms with Gasteiger partial charge in [-0.2, -0.15) is 0 Å². The smallest absolute Gasteiger partial charge is 0.119 e. The lowest BCUT2D eigenvalue weighted by Crippen LogP contribution is -2.28. The van der Waals surface area contributed by atoms with E-state index in [-0.39, 0.29) is 0 Å². The van der Waals surface area contributed by atoms with Gasteiger partial charge in [-0.1, -0.05) is 19.4 Å². The van der Waals surface area contributed by atoms with Crippen LogP contribution in [0.15, 0.2) is 47.5 Å². The minimum atomic E-state index is 0.475. The Morgan fingerprint density at radius 1 is 1.06 bits per heavy atom. The van der Waals surface area contributed by atoms with Gasteiger partial charge in [0.25, 0.3) is 0 Å². The summed E-state index contributed by atoms with van der Waals surface area (Å²) in [6.07, 6.45) is 7.13. The molecule has 4 rings (SSSR count). The fourth-order valence-corrected chi connectivity index (χ4v) is 5.67. The van der Waals surface area contributed by atoms with E-state index in [1.54, 1.807) is 7.11 Å². The Morgan fingerprint density at radius 3 is 2.56 bits per heavy atom. The topological polar surface area (TPSA) is 69.4 Å². The van der Waals surface area contributed by atoms with Crippen LogP contribution >= 0.6 is 11.9 Å². The molecule has 1 aliphatic rings. The van der Waals surface area contributed by atoms with Gasteiger partial charge in [-0.25, -0.2) is 4.31 Å². The molecule has 1 aromatic heterocycles. The van der Waals surface area contributed by atoms with Gasteiger partial charge < -0.3 is 20.8 Å². The Morgan fingerprint density at radius 2 is 1.88 bits per heavy atom. The van der Waals surface area contributed by atoms with Crippen LogP contribution in [-0.2, 0) is 13.1 Å². The number of aromatic nitrogens is 1. The van der Waals surface area contributed by atoms with Gasteiger partial charge in [0, 0.05) is 53.7 Å². The summed E-state index contributed by atoms with van der Waals surface area (Å²) in [6, 6.07) is 13.1. The minimum Gasteiger partial charge on any atom is -0.497 e. The highest BCUT2D eigenvalue weighted by atomic mass is 32.2. The number of benzene rings is 2. The van der Waals surface area contributed by atoms with E-state index in [1.807, 2.05) is 18.0 Å². The molecule has 0 atom stereocenters. The van der Waals surface area contributed by atoms with Gasteiger partial charge in [-0.15, -0.1) is 0 Å². The molecule has 0 spiro atoms. The number of ether oxygens (including phenoxy) is 1. The lowest BCUT2D eigenvalue weighted by Gasteiger charge is -2.30. The van der Waals surface area contributed by atoms with E-state index in [2.05, 4.69) is 52.3 Å². The second-order valence-corrected chi connectivity index (χ2v) is 9.83. The lowest BCUT2D eigenvalue weighted by molar-refractivity contribution is 0.286. The normalized spacial score (nSPS) is 15.5. The van der Waals surface area contributed by atoms with Crippen molar-refractivity contribution >= 4 is 22.9 Å². The van der Waals surface area contributed by atoms with Crippen molar-refractivity contribution in [3.05, 3.63) is 48.2 Å². The van der Waals surface area contributed by atoms with E-state index in [0.717, 1.165) is 30.2 Å². The molecular formula is C26H36N4OS. The SMILES string of the molecule is CCC1CCN(Sc2ccc3c(c2)c(-c2ccc(OC)cc2CN)cn3CCCN)CC1. The number of methoxy groups -OCH3 is 1. The molecule has 1 aliphatic heterocycles. The Hall–Kier alpha value is -1.99. The number of hydrogen-bond donors (Lipinski definition) is 2. The first-order valence-corrected chi connectivity index (χ1v) is 12.6. The second-order valence-electron chi connectivity index (χ2n) is 8.66. The summed E-state index contributed by atoms with van der Waals surface area (Å²) >= 11 is 1.90. The van der Waals surface area contributed by atoms with Gasteiger partial charge in [-0.3, -0.25) is 0 Å². The van der Waals surface area contributed by atoms with Crippen LogP contribution in [0.1, 0.15) is 38.2 Å². The van der Waals surface area contributed by atoms with Crippen LogP contribution in [0, 0.1) is 5.92 Å². The number of fused-ring (bicyclic) bond motifs is 1. The zero-order chi connectivity index (χ0) is 22.5. The molecule has 0 radical (unpaired) electrons. The molecule has 32 heavy (non-hydrogen) atoms. The van der Waals surface area contributed by atoms with Crippen molar-refractivity contribution in [1.29, 1.82) is 0 Å². The minimum absolute atomic E-state index is 0.475. The largest absolute Gasteiger partial charge is 0.497 e. The van der Waals surface area contributed by atoms with Gasteiger partial charge in [0.15, 0.2) is 0 Å². The van der Waals surface area contributed by atoms with Crippen molar-refractivity contribution in [2.75, 3.05) is 26.7 Å². The molecule has 4 N–H and O–H groups in total. The highest BCUT2D eigenvalue weighted by Crippen LogP contribution is 2.38. The Kier molecular flexibility index (Phi) is 7.79. The van der Waals surface area contributed by atoms with Crippen LogP contribution < -0.4 is 16.2 Å². The van der Waals surface area contributed by atoms with E-state index in [1.165, 1.54) is 59.3 Å². The molecule has 2 heterocycles. The van der Waals surface area contributed by atoms with E-state index in [4.69, 9.17) is 16.2 Å². The van der Waals surface area contributed by atoms with Crippen LogP contribution in [0.3, 0.4) is 0 Å². The molecule has 6 heteroatoms. The molecule has 0 aliphatic carbocycles. The van der Waals surface area contributed by atoms with E-state index in [0.29, 0.717) is 13.1 Å². The van der Waals surface area contributed by atoms with Crippen molar-refractivity contribution in [1.82, 2.24) is 8.87 Å². The third-order valence-electron chi connectivity index (χ3n) is 6.66. The monoisotopic (exact) mass is 452 g/mol. The van der Waals surface area contributed by atoms with Gasteiger partial charge in [0.2, 0.25) is 0 Å². The number of hydrogen-bond acceptors (Lipinski definition) is 5. The zero-order valence-electron chi connectivity index (χ0n) is 19.3. The quantitative estimate of drug-likeness (QED) is 0.434. The first-order valence-electron chi connectivity index (χ1n) is 11.8. The summed E-state index contributed by atoms with van der Waals surface area (Å²) < 4.78 is 10.3. The molecule has 0 unspecified atom stereocenters. The molecule has 0 amide bonds. The molecule has 0 saturated carbocycles. The van der Waals surface area contributed by atoms with Crippen molar-refractivity contribution < 1.29 is 4.74 Å². The molecule has 172 valence electrons. The lowest BCUT2D eigenvalue weighted by atomic mass is 9.96. The first-order chi connectivity index (χ1) is 15.7. The maximum Gasteiger partial charge on any atom is 0.119 e. The average molecular weight is 453 g/mol. The maximum atomic E-state index is 6.13. The highest BCUT2D eigenvalue weighted by molar-refractivity contribution is 7.97. The number of rotatable bonds is 9. The Labute approximate surface area is 196 Å². The number of piperidine rings is 1. The summed E-state index contributed by atoms with van der Waals surface area (Å²) in [5.41, 5.74) is 16.7. The van der Waals surface area contributed by atoms with Gasteiger partial charge >= 0.3 is 0 Å². The fraction of sp³-hybridized carbons (Fsp3) is 0.462. The van der Waals surface area contributed by atoms with Crippen LogP contribution in [0.2, 0.25) is 0 Å². The number of nitrogens with two attached hydrogens (primary N) is 2. The average Bonchev–Trinajstić information content (AvgIpc) is 3.20. The van der Waals surface area contributed by atoms with Crippen LogP contribution in [0.4, 0.5) is 0 Å². The number of nitrogens with zero attached hydrogens (tertiary/aromatic N) is 2. The third-order valence-corrected chi connectivity index (χ3v) is 7.75. The maximum absolute atomic E-state index is 6.13. The standard InChI is InChI=1S/C26H36N4OS/c1-3-19-9-13-30(14-10-19)32-22-6-8-26-24(16-22)25(18-29(26)12-4-11-27)23-7-5-21(31-2)15-20(23)17-28/h5-8,15-16,18-19H,3-4,9-14,17,27-28H2,1-2H3. The summed E-state index contributed by atoms with van der Waals surface area (Å²) in [7, 11) is 1.70. The second kappa shape index (κ2) is 10.8. The Bertz CT molecular complexity index is 1040. The van der Waals surface area contributed by atoms with Gasteiger partial charge in [-0.05, 0) is 85.1 Å². The van der Waals surface area contributed by atoms with E-state index in [9.17, 15) is 0 Å². The predicted molar refractivity (Wildman–Crippen MR) is 136 cm³/mol. The van der Waals surface area contributed by atoms with Crippen molar-refractivity contribution in [2.45, 2.75) is 50.6 Å². The molecule has 0 bridgehead atoms. The number of aryl methyl sites for hydroxylation is 1. The fourth-order valence-electron chi connectivity index (χ4n) is 4.68. The van der Waals surface area contributed by atoms with Crippen molar-refractivity contribution in [3.8, 4) is 16.9 Å². The van der Waals surface area contributed by atoms with Gasteiger partial charge in [0.1, 0.15) is 5.75 Å². The molecule has 3 aromatic rings. The molecular weight excluding hydrogens is 416 g/mol. The predicted octanol–water partition coefficient (Wildman–Crippen LogP) is 5.25. The summed E-state index contributed by atoms with van der Waals surface area (Å²) in [4.78, 5) is 1.30. The van der Waals surface area contributed by atoms with E-state index < -0.39 is 0 Å². The van der Waals surface area contributed by atoms with Crippen molar-refractivity contribution in [3.63, 3.8) is 0 Å². The van der Waals surface area contributed by atoms with Crippen LogP contribution in [-0.4, -0.2) is 35.6 Å². The Balaban J connectivity index is 1.70. The highest BCUT2D eigenvalue weighted by Gasteiger charge is 2.20. The zero-order valence-corrected chi connectivity index (χ0v) is 20.2. The van der Waals surface area contributed by atoms with Gasteiger partial charge in [0.05, 0.1) is 7.11 Å². The first kappa shape index (κ1) is 23.2. The summed E-state index contributed by atoms with van der Waals surface area (Å²) in [6.45, 7) is 6.73. The van der Waals surface area contributed by atoms with Crippen molar-refractivity contribution in [2.24, 2.45) is 17.4 Å². The molecule has 2 aromatic carbocycles. The third kappa shape index (κ3) is 4.99. The van der Waals surface area contributed by atoms with Crippen LogP contribution in [0.5, 0.6) is 5.75 Å².